The van der Waals surface area contributed by atoms with Crippen molar-refractivity contribution in [1.82, 2.24) is 14.5 Å². The monoisotopic (exact) mass is 705 g/mol. The normalized spacial score (nSPS) is 14.3. The van der Waals surface area contributed by atoms with Crippen LogP contribution in [0.4, 0.5) is 11.4 Å². The molecule has 0 saturated heterocycles. The zero-order valence-corrected chi connectivity index (χ0v) is 32.5. The third kappa shape index (κ3) is 5.23. The first kappa shape index (κ1) is 34.1. The van der Waals surface area contributed by atoms with Crippen LogP contribution in [-0.2, 0) is 22.6 Å². The second-order valence-electron chi connectivity index (χ2n) is 15.5. The molecule has 7 aromatic rings. The third-order valence-corrected chi connectivity index (χ3v) is 12.1. The number of carbonyl (C=O) groups excluding carboxylic acids is 1. The molecule has 1 N–H and O–H groups in total. The van der Waals surface area contributed by atoms with E-state index in [-0.39, 0.29) is 5.91 Å². The van der Waals surface area contributed by atoms with Crippen LogP contribution in [-0.4, -0.2) is 34.3 Å². The van der Waals surface area contributed by atoms with E-state index in [1.165, 1.54) is 54.7 Å². The number of amides is 1. The van der Waals surface area contributed by atoms with Crippen molar-refractivity contribution in [2.24, 2.45) is 10.4 Å². The van der Waals surface area contributed by atoms with Crippen LogP contribution in [0.1, 0.15) is 62.4 Å². The maximum absolute atomic E-state index is 13.7. The number of hydrogen-bond donors (Lipinski definition) is 1. The molecular formula is C45H47N5OS. The SMILES string of the molecule is CCn1c2ccc(C)cc2c2cc(C3(c4ccc5c(c4)c4cc(C)ccc4n5CC)SC(NC(=O)C(C)(C)C)=Nc4cc(N(C)C)ccc43)ccc21. The summed E-state index contributed by atoms with van der Waals surface area (Å²) in [4.78, 5) is 21.0. The third-order valence-electron chi connectivity index (χ3n) is 10.7. The molecule has 52 heavy (non-hydrogen) atoms. The highest BCUT2D eigenvalue weighted by molar-refractivity contribution is 8.15. The van der Waals surface area contributed by atoms with E-state index >= 15 is 0 Å². The largest absolute Gasteiger partial charge is 0.378 e. The summed E-state index contributed by atoms with van der Waals surface area (Å²) >= 11 is 1.64. The van der Waals surface area contributed by atoms with Crippen LogP contribution in [0, 0.1) is 19.3 Å². The molecule has 0 fully saturated rings. The lowest BCUT2D eigenvalue weighted by Gasteiger charge is -2.39. The van der Waals surface area contributed by atoms with Crippen LogP contribution in [0.15, 0.2) is 96.0 Å². The molecule has 0 bridgehead atoms. The molecule has 5 aromatic carbocycles. The minimum Gasteiger partial charge on any atom is -0.378 e. The van der Waals surface area contributed by atoms with Gasteiger partial charge in [0.1, 0.15) is 4.75 Å². The maximum Gasteiger partial charge on any atom is 0.231 e. The number of carbonyl (C=O) groups is 1. The van der Waals surface area contributed by atoms with E-state index in [9.17, 15) is 4.79 Å². The number of benzene rings is 5. The Balaban J connectivity index is 1.48. The Bertz CT molecular complexity index is 2490. The lowest BCUT2D eigenvalue weighted by molar-refractivity contribution is -0.126. The number of nitrogens with one attached hydrogen (secondary N) is 1. The van der Waals surface area contributed by atoms with Crippen molar-refractivity contribution >= 4 is 77.8 Å². The van der Waals surface area contributed by atoms with Gasteiger partial charge in [-0.3, -0.25) is 4.79 Å². The second-order valence-corrected chi connectivity index (χ2v) is 16.7. The zero-order valence-electron chi connectivity index (χ0n) is 31.7. The number of amidine groups is 1. The number of rotatable bonds is 5. The van der Waals surface area contributed by atoms with Crippen molar-refractivity contribution < 1.29 is 4.79 Å². The number of thioether (sulfide) groups is 1. The van der Waals surface area contributed by atoms with E-state index in [0.29, 0.717) is 5.17 Å². The van der Waals surface area contributed by atoms with E-state index in [4.69, 9.17) is 4.99 Å². The molecule has 0 spiro atoms. The number of aliphatic imine (C=N–C) groups is 1. The first-order valence-electron chi connectivity index (χ1n) is 18.3. The van der Waals surface area contributed by atoms with Crippen LogP contribution in [0.3, 0.4) is 0 Å². The summed E-state index contributed by atoms with van der Waals surface area (Å²) in [7, 11) is 4.11. The summed E-state index contributed by atoms with van der Waals surface area (Å²) < 4.78 is 4.09. The molecule has 0 unspecified atom stereocenters. The van der Waals surface area contributed by atoms with Crippen LogP contribution in [0.25, 0.3) is 43.6 Å². The second kappa shape index (κ2) is 12.3. The van der Waals surface area contributed by atoms with Crippen molar-refractivity contribution in [1.29, 1.82) is 0 Å². The zero-order chi connectivity index (χ0) is 36.7. The molecule has 0 saturated carbocycles. The van der Waals surface area contributed by atoms with E-state index in [2.05, 4.69) is 152 Å². The molecule has 264 valence electrons. The van der Waals surface area contributed by atoms with Gasteiger partial charge in [-0.05, 0) is 99.5 Å². The van der Waals surface area contributed by atoms with E-state index in [1.54, 1.807) is 11.8 Å². The Morgan fingerprint density at radius 1 is 0.712 bits per heavy atom. The number of nitrogens with zero attached hydrogens (tertiary/aromatic N) is 4. The van der Waals surface area contributed by atoms with Gasteiger partial charge in [0, 0.05) is 87.5 Å². The van der Waals surface area contributed by atoms with Gasteiger partial charge in [0.15, 0.2) is 5.17 Å². The summed E-state index contributed by atoms with van der Waals surface area (Å²) in [6, 6.07) is 34.1. The van der Waals surface area contributed by atoms with Gasteiger partial charge >= 0.3 is 0 Å². The van der Waals surface area contributed by atoms with Gasteiger partial charge in [0.2, 0.25) is 5.91 Å². The maximum atomic E-state index is 13.7. The molecule has 1 aliphatic heterocycles. The quantitative estimate of drug-likeness (QED) is 0.194. The summed E-state index contributed by atoms with van der Waals surface area (Å²) in [5.41, 5.74) is 12.1. The summed E-state index contributed by atoms with van der Waals surface area (Å²) in [5, 5.41) is 8.83. The Morgan fingerprint density at radius 2 is 1.19 bits per heavy atom. The average Bonchev–Trinajstić information content (AvgIpc) is 3.60. The molecule has 8 rings (SSSR count). The van der Waals surface area contributed by atoms with E-state index < -0.39 is 10.2 Å². The number of aromatic nitrogens is 2. The minimum absolute atomic E-state index is 0.0613. The van der Waals surface area contributed by atoms with Gasteiger partial charge in [-0.2, -0.15) is 0 Å². The smallest absolute Gasteiger partial charge is 0.231 e. The molecule has 1 aliphatic rings. The molecule has 0 aliphatic carbocycles. The molecular weight excluding hydrogens is 659 g/mol. The van der Waals surface area contributed by atoms with Crippen molar-refractivity contribution in [3.05, 3.63) is 119 Å². The van der Waals surface area contributed by atoms with Gasteiger partial charge in [0.05, 0.1) is 5.69 Å². The predicted octanol–water partition coefficient (Wildman–Crippen LogP) is 10.8. The molecule has 3 heterocycles. The Hall–Kier alpha value is -5.01. The number of anilines is 1. The number of hydrogen-bond acceptors (Lipinski definition) is 4. The van der Waals surface area contributed by atoms with Crippen molar-refractivity contribution in [2.45, 2.75) is 66.3 Å². The fourth-order valence-corrected chi connectivity index (χ4v) is 9.36. The topological polar surface area (TPSA) is 54.6 Å². The van der Waals surface area contributed by atoms with Crippen LogP contribution in [0.5, 0.6) is 0 Å². The first-order chi connectivity index (χ1) is 24.8. The van der Waals surface area contributed by atoms with Gasteiger partial charge in [0.25, 0.3) is 0 Å². The van der Waals surface area contributed by atoms with Gasteiger partial charge in [-0.15, -0.1) is 0 Å². The van der Waals surface area contributed by atoms with Crippen LogP contribution < -0.4 is 10.2 Å². The summed E-state index contributed by atoms with van der Waals surface area (Å²) in [6.45, 7) is 16.4. The Morgan fingerprint density at radius 3 is 1.65 bits per heavy atom. The van der Waals surface area contributed by atoms with Crippen molar-refractivity contribution in [3.63, 3.8) is 0 Å². The standard InChI is InChI=1S/C45H47N5OS/c1-10-49-38-18-12-27(3)22-32(38)34-24-29(14-20-40(34)49)45(30-15-21-41-35(25-30)33-23-28(4)13-19-39(33)50(41)11-2)36-17-16-31(48(8)9)26-37(36)46-43(52-45)47-42(51)44(5,6)7/h12-26H,10-11H2,1-9H3,(H,46,47,51). The van der Waals surface area contributed by atoms with Gasteiger partial charge in [-0.25, -0.2) is 4.99 Å². The summed E-state index contributed by atoms with van der Waals surface area (Å²) in [5.74, 6) is -0.0613. The highest BCUT2D eigenvalue weighted by Gasteiger charge is 2.44. The molecule has 0 atom stereocenters. The first-order valence-corrected chi connectivity index (χ1v) is 19.1. The lowest BCUT2D eigenvalue weighted by Crippen LogP contribution is -2.41. The van der Waals surface area contributed by atoms with Crippen LogP contribution in [0.2, 0.25) is 0 Å². The fourth-order valence-electron chi connectivity index (χ4n) is 8.01. The molecule has 7 heteroatoms. The van der Waals surface area contributed by atoms with Crippen molar-refractivity contribution in [3.8, 4) is 0 Å². The van der Waals surface area contributed by atoms with E-state index in [1.807, 2.05) is 20.8 Å². The predicted molar refractivity (Wildman–Crippen MR) is 223 cm³/mol. The molecule has 0 radical (unpaired) electrons. The Labute approximate surface area is 310 Å². The summed E-state index contributed by atoms with van der Waals surface area (Å²) in [6.07, 6.45) is 0. The highest BCUT2D eigenvalue weighted by Crippen LogP contribution is 2.56. The van der Waals surface area contributed by atoms with Crippen LogP contribution >= 0.6 is 11.8 Å². The van der Waals surface area contributed by atoms with E-state index in [0.717, 1.165) is 41.2 Å². The van der Waals surface area contributed by atoms with Gasteiger partial charge < -0.3 is 19.4 Å². The molecule has 1 amide bonds. The molecule has 2 aromatic heterocycles. The number of fused-ring (bicyclic) bond motifs is 7. The van der Waals surface area contributed by atoms with Crippen molar-refractivity contribution in [2.75, 3.05) is 19.0 Å². The van der Waals surface area contributed by atoms with Gasteiger partial charge in [-0.1, -0.05) is 74.0 Å². The minimum atomic E-state index is -0.736. The molecule has 6 nitrogen and oxygen atoms in total. The lowest BCUT2D eigenvalue weighted by atomic mass is 9.81. The Kier molecular flexibility index (Phi) is 8.07. The fraction of sp³-hybridized carbons (Fsp3) is 0.289. The average molecular weight is 706 g/mol. The highest BCUT2D eigenvalue weighted by atomic mass is 32.2. The number of aryl methyl sites for hydroxylation is 4.